The van der Waals surface area contributed by atoms with Crippen LogP contribution in [0.5, 0.6) is 0 Å². The van der Waals surface area contributed by atoms with Crippen molar-refractivity contribution in [2.24, 2.45) is 35.5 Å². The lowest BCUT2D eigenvalue weighted by Crippen LogP contribution is -2.22. The van der Waals surface area contributed by atoms with Gasteiger partial charge in [0, 0.05) is 0 Å². The van der Waals surface area contributed by atoms with Gasteiger partial charge in [-0.3, -0.25) is 0 Å². The summed E-state index contributed by atoms with van der Waals surface area (Å²) in [5.41, 5.74) is 3.84. The summed E-state index contributed by atoms with van der Waals surface area (Å²) in [5.74, 6) is 6.34. The van der Waals surface area contributed by atoms with E-state index in [9.17, 15) is 0 Å². The van der Waals surface area contributed by atoms with Crippen LogP contribution in [0.4, 0.5) is 0 Å². The molecule has 178 valence electrons. The molecule has 0 aromatic carbocycles. The fourth-order valence-electron chi connectivity index (χ4n) is 6.39. The van der Waals surface area contributed by atoms with Gasteiger partial charge in [0.05, 0.1) is 0 Å². The van der Waals surface area contributed by atoms with E-state index in [4.69, 9.17) is 0 Å². The average Bonchev–Trinajstić information content (AvgIpc) is 3.31. The zero-order valence-corrected chi connectivity index (χ0v) is 21.5. The van der Waals surface area contributed by atoms with Crippen LogP contribution in [0, 0.1) is 35.5 Å². The summed E-state index contributed by atoms with van der Waals surface area (Å²) in [5, 5.41) is 0. The lowest BCUT2D eigenvalue weighted by molar-refractivity contribution is 0.181. The van der Waals surface area contributed by atoms with E-state index >= 15 is 0 Å². The van der Waals surface area contributed by atoms with Crippen molar-refractivity contribution in [3.8, 4) is 0 Å². The summed E-state index contributed by atoms with van der Waals surface area (Å²) in [6.07, 6.45) is 24.9. The van der Waals surface area contributed by atoms with E-state index in [1.807, 2.05) is 13.8 Å². The summed E-state index contributed by atoms with van der Waals surface area (Å²) in [6.45, 7) is 19.6. The fraction of sp³-hybridized carbons (Fsp3) is 0.774. The van der Waals surface area contributed by atoms with Crippen LogP contribution in [0.15, 0.2) is 43.7 Å². The highest BCUT2D eigenvalue weighted by atomic mass is 14.4. The highest BCUT2D eigenvalue weighted by Gasteiger charge is 2.36. The summed E-state index contributed by atoms with van der Waals surface area (Å²) in [7, 11) is 0. The molecule has 0 heterocycles. The van der Waals surface area contributed by atoms with Gasteiger partial charge in [0.15, 0.2) is 0 Å². The largest absolute Gasteiger partial charge is 0.130 e. The van der Waals surface area contributed by atoms with Crippen LogP contribution >= 0.6 is 0 Å². The van der Waals surface area contributed by atoms with Gasteiger partial charge >= 0.3 is 0 Å². The van der Waals surface area contributed by atoms with Gasteiger partial charge in [0.2, 0.25) is 0 Å². The van der Waals surface area contributed by atoms with Crippen molar-refractivity contribution in [2.45, 2.75) is 117 Å². The second-order valence-electron chi connectivity index (χ2n) is 10.9. The van der Waals surface area contributed by atoms with Crippen LogP contribution in [-0.4, -0.2) is 0 Å². The van der Waals surface area contributed by atoms with Crippen molar-refractivity contribution >= 4 is 0 Å². The predicted octanol–water partition coefficient (Wildman–Crippen LogP) is 10.3. The summed E-state index contributed by atoms with van der Waals surface area (Å²) in [4.78, 5) is 0. The third-order valence-corrected chi connectivity index (χ3v) is 8.38. The van der Waals surface area contributed by atoms with Crippen molar-refractivity contribution in [3.63, 3.8) is 0 Å². The zero-order chi connectivity index (χ0) is 23.1. The monoisotopic (exact) mass is 426 g/mol. The average molecular weight is 427 g/mol. The van der Waals surface area contributed by atoms with Crippen molar-refractivity contribution in [1.82, 2.24) is 0 Å². The number of hydrogen-bond acceptors (Lipinski definition) is 0. The molecule has 3 rings (SSSR count). The van der Waals surface area contributed by atoms with Gasteiger partial charge in [-0.25, -0.2) is 0 Å². The van der Waals surface area contributed by atoms with Crippen molar-refractivity contribution in [1.29, 1.82) is 0 Å². The normalized spacial score (nSPS) is 29.4. The quantitative estimate of drug-likeness (QED) is 0.280. The summed E-state index contributed by atoms with van der Waals surface area (Å²) in [6, 6.07) is 0. The predicted molar refractivity (Wildman–Crippen MR) is 141 cm³/mol. The van der Waals surface area contributed by atoms with E-state index < -0.39 is 0 Å². The second-order valence-corrected chi connectivity index (χ2v) is 10.9. The highest BCUT2D eigenvalue weighted by molar-refractivity contribution is 4.88. The Kier molecular flexibility index (Phi) is 15.0. The Labute approximate surface area is 196 Å². The Morgan fingerprint density at radius 2 is 1.32 bits per heavy atom. The summed E-state index contributed by atoms with van der Waals surface area (Å²) < 4.78 is 0. The third kappa shape index (κ3) is 10.9. The van der Waals surface area contributed by atoms with Crippen molar-refractivity contribution in [2.75, 3.05) is 0 Å². The SMILES string of the molecule is C=C.C=C=C(C)C.C=CCC(C)CCC1CCC([C@@H]2CC[C@H](C3CCCCC3)C2)CC1. The van der Waals surface area contributed by atoms with E-state index in [0.29, 0.717) is 0 Å². The highest BCUT2D eigenvalue weighted by Crippen LogP contribution is 2.48. The van der Waals surface area contributed by atoms with Gasteiger partial charge in [0.25, 0.3) is 0 Å². The molecule has 0 nitrogen and oxygen atoms in total. The van der Waals surface area contributed by atoms with E-state index in [1.54, 1.807) is 44.9 Å². The number of allylic oxidation sites excluding steroid dienone is 2. The van der Waals surface area contributed by atoms with E-state index in [-0.39, 0.29) is 0 Å². The van der Waals surface area contributed by atoms with Crippen LogP contribution in [0.2, 0.25) is 0 Å². The molecule has 0 aromatic rings. The van der Waals surface area contributed by atoms with Crippen LogP contribution in [-0.2, 0) is 0 Å². The van der Waals surface area contributed by atoms with E-state index in [0.717, 1.165) is 41.1 Å². The Bertz CT molecular complexity index is 504. The Hall–Kier alpha value is -1.00. The maximum atomic E-state index is 3.89. The smallest absolute Gasteiger partial charge is 0.0328 e. The summed E-state index contributed by atoms with van der Waals surface area (Å²) >= 11 is 0. The first-order valence-electron chi connectivity index (χ1n) is 13.5. The molecule has 0 heteroatoms. The standard InChI is InChI=1S/C24H42.C5H8.C2H4/c1-3-7-19(2)10-11-20-12-14-22(15-13-20)24-17-16-23(18-24)21-8-5-4-6-9-21;1-4-5(2)3;1-2/h3,19-24H,1,4-18H2,2H3;1H2,2-3H3;1-2H2/t19?,20?,22?,23-,24+;;/m0../s1. The molecule has 0 amide bonds. The first-order chi connectivity index (χ1) is 15.0. The number of rotatable bonds is 7. The molecule has 0 spiro atoms. The van der Waals surface area contributed by atoms with E-state index in [2.05, 4.69) is 45.0 Å². The molecule has 0 N–H and O–H groups in total. The molecule has 0 aromatic heterocycles. The van der Waals surface area contributed by atoms with Gasteiger partial charge < -0.3 is 0 Å². The topological polar surface area (TPSA) is 0 Å². The molecule has 3 aliphatic rings. The molecule has 31 heavy (non-hydrogen) atoms. The lowest BCUT2D eigenvalue weighted by Gasteiger charge is -2.33. The first-order valence-corrected chi connectivity index (χ1v) is 13.5. The van der Waals surface area contributed by atoms with Gasteiger partial charge in [-0.2, -0.15) is 0 Å². The molecule has 1 unspecified atom stereocenters. The van der Waals surface area contributed by atoms with E-state index in [1.165, 1.54) is 51.4 Å². The third-order valence-electron chi connectivity index (χ3n) is 8.38. The van der Waals surface area contributed by atoms with Crippen LogP contribution < -0.4 is 0 Å². The Morgan fingerprint density at radius 3 is 1.81 bits per heavy atom. The van der Waals surface area contributed by atoms with Crippen LogP contribution in [0.25, 0.3) is 0 Å². The van der Waals surface area contributed by atoms with Gasteiger partial charge in [-0.05, 0) is 93.5 Å². The molecule has 0 bridgehead atoms. The molecule has 0 saturated heterocycles. The first kappa shape index (κ1) is 28.0. The molecule has 0 aliphatic heterocycles. The number of hydrogen-bond donors (Lipinski definition) is 0. The second kappa shape index (κ2) is 16.6. The molecule has 3 aliphatic carbocycles. The molecule has 3 fully saturated rings. The Balaban J connectivity index is 0.000000605. The minimum absolute atomic E-state index is 0.853. The maximum absolute atomic E-state index is 3.89. The van der Waals surface area contributed by atoms with Crippen LogP contribution in [0.1, 0.15) is 117 Å². The van der Waals surface area contributed by atoms with Crippen molar-refractivity contribution < 1.29 is 0 Å². The molecule has 0 radical (unpaired) electrons. The minimum atomic E-state index is 0.853. The Morgan fingerprint density at radius 1 is 0.839 bits per heavy atom. The zero-order valence-electron chi connectivity index (χ0n) is 21.5. The van der Waals surface area contributed by atoms with Gasteiger partial charge in [-0.15, -0.1) is 25.5 Å². The van der Waals surface area contributed by atoms with Crippen molar-refractivity contribution in [3.05, 3.63) is 43.7 Å². The van der Waals surface area contributed by atoms with Gasteiger partial charge in [0.1, 0.15) is 0 Å². The van der Waals surface area contributed by atoms with Crippen LogP contribution in [0.3, 0.4) is 0 Å². The lowest BCUT2D eigenvalue weighted by atomic mass is 9.72. The minimum Gasteiger partial charge on any atom is -0.130 e. The molecule has 3 saturated carbocycles. The fourth-order valence-corrected chi connectivity index (χ4v) is 6.39. The molecule has 3 atom stereocenters. The molecular weight excluding hydrogens is 372 g/mol. The molecular formula is C31H54. The van der Waals surface area contributed by atoms with Gasteiger partial charge in [-0.1, -0.05) is 77.4 Å². The maximum Gasteiger partial charge on any atom is -0.0328 e.